The minimum atomic E-state index is -3.08. The van der Waals surface area contributed by atoms with Crippen LogP contribution < -0.4 is 4.72 Å². The van der Waals surface area contributed by atoms with Crippen LogP contribution in [-0.2, 0) is 10.0 Å². The van der Waals surface area contributed by atoms with Crippen molar-refractivity contribution in [1.29, 1.82) is 0 Å². The SMILES string of the molecule is CCS(=O)(=O)NCCSc1n[nH]c(C)n1. The number of aromatic amines is 1. The molecule has 6 nitrogen and oxygen atoms in total. The first-order valence-corrected chi connectivity index (χ1v) is 7.16. The van der Waals surface area contributed by atoms with Crippen molar-refractivity contribution in [1.82, 2.24) is 19.9 Å². The van der Waals surface area contributed by atoms with Crippen LogP contribution in [0.1, 0.15) is 12.7 Å². The molecule has 0 amide bonds. The fraction of sp³-hybridized carbons (Fsp3) is 0.714. The van der Waals surface area contributed by atoms with E-state index in [1.54, 1.807) is 6.92 Å². The summed E-state index contributed by atoms with van der Waals surface area (Å²) in [5.74, 6) is 1.49. The lowest BCUT2D eigenvalue weighted by molar-refractivity contribution is 0.585. The van der Waals surface area contributed by atoms with Crippen LogP contribution >= 0.6 is 11.8 Å². The zero-order valence-corrected chi connectivity index (χ0v) is 10.3. The number of thioether (sulfide) groups is 1. The summed E-state index contributed by atoms with van der Waals surface area (Å²) >= 11 is 1.41. The molecule has 0 atom stereocenters. The molecule has 0 radical (unpaired) electrons. The van der Waals surface area contributed by atoms with E-state index in [-0.39, 0.29) is 5.75 Å². The monoisotopic (exact) mass is 250 g/mol. The average molecular weight is 250 g/mol. The topological polar surface area (TPSA) is 87.7 Å². The predicted octanol–water partition coefficient (Wildman–Crippen LogP) is 0.145. The second kappa shape index (κ2) is 5.47. The Balaban J connectivity index is 2.23. The van der Waals surface area contributed by atoms with Gasteiger partial charge in [0.25, 0.3) is 0 Å². The van der Waals surface area contributed by atoms with E-state index in [0.29, 0.717) is 17.5 Å². The first kappa shape index (κ1) is 12.5. The van der Waals surface area contributed by atoms with Crippen molar-refractivity contribution >= 4 is 21.8 Å². The zero-order valence-electron chi connectivity index (χ0n) is 8.65. The predicted molar refractivity (Wildman–Crippen MR) is 59.3 cm³/mol. The number of rotatable bonds is 6. The van der Waals surface area contributed by atoms with Crippen molar-refractivity contribution < 1.29 is 8.42 Å². The van der Waals surface area contributed by atoms with Crippen molar-refractivity contribution in [3.8, 4) is 0 Å². The highest BCUT2D eigenvalue weighted by molar-refractivity contribution is 7.99. The minimum absolute atomic E-state index is 0.109. The summed E-state index contributed by atoms with van der Waals surface area (Å²) < 4.78 is 24.6. The number of hydrogen-bond acceptors (Lipinski definition) is 5. The van der Waals surface area contributed by atoms with Crippen LogP contribution in [0.5, 0.6) is 0 Å². The summed E-state index contributed by atoms with van der Waals surface area (Å²) in [5.41, 5.74) is 0. The van der Waals surface area contributed by atoms with Crippen molar-refractivity contribution in [2.24, 2.45) is 0 Å². The average Bonchev–Trinajstić information content (AvgIpc) is 2.59. The van der Waals surface area contributed by atoms with Gasteiger partial charge in [-0.05, 0) is 13.8 Å². The number of aryl methyl sites for hydroxylation is 1. The number of sulfonamides is 1. The first-order valence-electron chi connectivity index (χ1n) is 4.52. The lowest BCUT2D eigenvalue weighted by atomic mass is 10.8. The van der Waals surface area contributed by atoms with Crippen LogP contribution in [0.25, 0.3) is 0 Å². The van der Waals surface area contributed by atoms with Crippen LogP contribution in [0.2, 0.25) is 0 Å². The fourth-order valence-corrected chi connectivity index (χ4v) is 2.27. The molecule has 0 bridgehead atoms. The maximum Gasteiger partial charge on any atom is 0.211 e. The summed E-state index contributed by atoms with van der Waals surface area (Å²) in [6.07, 6.45) is 0. The van der Waals surface area contributed by atoms with E-state index in [2.05, 4.69) is 19.9 Å². The van der Waals surface area contributed by atoms with Gasteiger partial charge in [-0.25, -0.2) is 18.1 Å². The lowest BCUT2D eigenvalue weighted by Crippen LogP contribution is -2.27. The highest BCUT2D eigenvalue weighted by atomic mass is 32.2. The molecule has 8 heteroatoms. The Kier molecular flexibility index (Phi) is 4.55. The second-order valence-electron chi connectivity index (χ2n) is 2.85. The van der Waals surface area contributed by atoms with Crippen LogP contribution in [0.15, 0.2) is 5.16 Å². The van der Waals surface area contributed by atoms with Crippen molar-refractivity contribution in [2.45, 2.75) is 19.0 Å². The number of nitrogens with one attached hydrogen (secondary N) is 2. The maximum absolute atomic E-state index is 11.1. The van der Waals surface area contributed by atoms with Gasteiger partial charge in [0, 0.05) is 12.3 Å². The molecular weight excluding hydrogens is 236 g/mol. The van der Waals surface area contributed by atoms with E-state index in [0.717, 1.165) is 5.82 Å². The second-order valence-corrected chi connectivity index (χ2v) is 6.01. The molecule has 1 rings (SSSR count). The van der Waals surface area contributed by atoms with Crippen LogP contribution in [0, 0.1) is 6.92 Å². The van der Waals surface area contributed by atoms with Crippen molar-refractivity contribution in [2.75, 3.05) is 18.1 Å². The van der Waals surface area contributed by atoms with Gasteiger partial charge in [-0.2, -0.15) is 0 Å². The number of hydrogen-bond donors (Lipinski definition) is 2. The summed E-state index contributed by atoms with van der Waals surface area (Å²) in [7, 11) is -3.08. The highest BCUT2D eigenvalue weighted by Gasteiger charge is 2.05. The molecule has 0 aliphatic carbocycles. The summed E-state index contributed by atoms with van der Waals surface area (Å²) in [6.45, 7) is 3.82. The summed E-state index contributed by atoms with van der Waals surface area (Å²) in [4.78, 5) is 4.08. The van der Waals surface area contributed by atoms with E-state index in [1.807, 2.05) is 6.92 Å². The minimum Gasteiger partial charge on any atom is -0.262 e. The summed E-state index contributed by atoms with van der Waals surface area (Å²) in [5, 5.41) is 7.28. The van der Waals surface area contributed by atoms with E-state index in [1.165, 1.54) is 11.8 Å². The molecule has 15 heavy (non-hydrogen) atoms. The first-order chi connectivity index (χ1) is 7.03. The lowest BCUT2D eigenvalue weighted by Gasteiger charge is -2.01. The third-order valence-corrected chi connectivity index (χ3v) is 3.86. The Bertz CT molecular complexity index is 401. The molecule has 86 valence electrons. The van der Waals surface area contributed by atoms with Gasteiger partial charge in [0.05, 0.1) is 5.75 Å². The number of aromatic nitrogens is 3. The molecule has 0 fully saturated rings. The van der Waals surface area contributed by atoms with E-state index < -0.39 is 10.0 Å². The highest BCUT2D eigenvalue weighted by Crippen LogP contribution is 2.10. The Morgan fingerprint density at radius 3 is 2.80 bits per heavy atom. The maximum atomic E-state index is 11.1. The molecule has 0 aliphatic heterocycles. The standard InChI is InChI=1S/C7H14N4O2S2/c1-3-15(12,13)8-4-5-14-7-9-6(2)10-11-7/h8H,3-5H2,1-2H3,(H,9,10,11). The molecule has 2 N–H and O–H groups in total. The Morgan fingerprint density at radius 2 is 2.27 bits per heavy atom. The molecule has 0 saturated carbocycles. The van der Waals surface area contributed by atoms with Crippen LogP contribution in [0.3, 0.4) is 0 Å². The zero-order chi connectivity index (χ0) is 11.3. The fourth-order valence-electron chi connectivity index (χ4n) is 0.828. The largest absolute Gasteiger partial charge is 0.262 e. The molecule has 0 aliphatic rings. The van der Waals surface area contributed by atoms with Crippen LogP contribution in [0.4, 0.5) is 0 Å². The van der Waals surface area contributed by atoms with Crippen molar-refractivity contribution in [3.05, 3.63) is 5.82 Å². The van der Waals surface area contributed by atoms with Gasteiger partial charge in [-0.15, -0.1) is 5.10 Å². The Labute approximate surface area is 93.3 Å². The van der Waals surface area contributed by atoms with Gasteiger partial charge in [-0.1, -0.05) is 11.8 Å². The third kappa shape index (κ3) is 4.63. The van der Waals surface area contributed by atoms with Crippen LogP contribution in [-0.4, -0.2) is 41.6 Å². The van der Waals surface area contributed by atoms with Gasteiger partial charge in [0.15, 0.2) is 0 Å². The van der Waals surface area contributed by atoms with E-state index in [9.17, 15) is 8.42 Å². The van der Waals surface area contributed by atoms with Crippen molar-refractivity contribution in [3.63, 3.8) is 0 Å². The normalized spacial score (nSPS) is 11.9. The molecule has 0 saturated heterocycles. The van der Waals surface area contributed by atoms with Gasteiger partial charge in [0.1, 0.15) is 5.82 Å². The van der Waals surface area contributed by atoms with Gasteiger partial charge in [-0.3, -0.25) is 5.10 Å². The quantitative estimate of drug-likeness (QED) is 0.554. The Hall–Kier alpha value is -0.600. The molecule has 1 aromatic heterocycles. The smallest absolute Gasteiger partial charge is 0.211 e. The molecule has 0 aromatic carbocycles. The van der Waals surface area contributed by atoms with Gasteiger partial charge >= 0.3 is 0 Å². The molecule has 0 spiro atoms. The summed E-state index contributed by atoms with van der Waals surface area (Å²) in [6, 6.07) is 0. The van der Waals surface area contributed by atoms with Gasteiger partial charge in [0.2, 0.25) is 15.2 Å². The molecule has 1 heterocycles. The van der Waals surface area contributed by atoms with E-state index >= 15 is 0 Å². The number of nitrogens with zero attached hydrogens (tertiary/aromatic N) is 2. The molecule has 0 unspecified atom stereocenters. The van der Waals surface area contributed by atoms with E-state index in [4.69, 9.17) is 0 Å². The number of H-pyrrole nitrogens is 1. The van der Waals surface area contributed by atoms with Gasteiger partial charge < -0.3 is 0 Å². The molecule has 1 aromatic rings. The molecular formula is C7H14N4O2S2. The third-order valence-electron chi connectivity index (χ3n) is 1.61. The Morgan fingerprint density at radius 1 is 1.53 bits per heavy atom.